The van der Waals surface area contributed by atoms with E-state index in [9.17, 15) is 9.59 Å². The largest absolute Gasteiger partial charge is 0.428 e. The van der Waals surface area contributed by atoms with Crippen LogP contribution in [-0.2, 0) is 14.3 Å². The van der Waals surface area contributed by atoms with Gasteiger partial charge in [0.1, 0.15) is 0 Å². The van der Waals surface area contributed by atoms with Crippen LogP contribution in [0.2, 0.25) is 0 Å². The Kier molecular flexibility index (Phi) is 2.15. The van der Waals surface area contributed by atoms with E-state index >= 15 is 0 Å². The molecule has 1 amide bonds. The summed E-state index contributed by atoms with van der Waals surface area (Å²) in [6.45, 7) is 5.45. The number of rotatable bonds is 0. The Morgan fingerprint density at radius 2 is 1.88 bits per heavy atom. The third-order valence-electron chi connectivity index (χ3n) is 2.63. The molecule has 2 heterocycles. The van der Waals surface area contributed by atoms with Gasteiger partial charge in [-0.1, -0.05) is 23.2 Å². The highest BCUT2D eigenvalue weighted by Gasteiger charge is 2.75. The van der Waals surface area contributed by atoms with Crippen LogP contribution in [0.25, 0.3) is 0 Å². The lowest BCUT2D eigenvalue weighted by Gasteiger charge is -2.59. The van der Waals surface area contributed by atoms with Crippen LogP contribution in [0, 0.1) is 0 Å². The third-order valence-corrected chi connectivity index (χ3v) is 3.49. The Bertz CT molecular complexity index is 411. The van der Waals surface area contributed by atoms with Gasteiger partial charge in [0.15, 0.2) is 0 Å². The van der Waals surface area contributed by atoms with Crippen molar-refractivity contribution in [3.05, 3.63) is 12.2 Å². The number of likely N-dealkylation sites (tertiary alicyclic amines) is 1. The molecule has 2 aliphatic rings. The first-order valence-corrected chi connectivity index (χ1v) is 5.53. The van der Waals surface area contributed by atoms with E-state index in [-0.39, 0.29) is 0 Å². The molecular weight excluding hydrogens is 253 g/mol. The summed E-state index contributed by atoms with van der Waals surface area (Å²) in [5.74, 6) is -1.00. The number of halogens is 2. The van der Waals surface area contributed by atoms with E-state index in [1.54, 1.807) is 0 Å². The zero-order valence-corrected chi connectivity index (χ0v) is 10.6. The number of carbonyl (C=O) groups is 2. The number of amides is 1. The number of nitrogens with zero attached hydrogens (tertiary/aromatic N) is 1. The molecule has 88 valence electrons. The van der Waals surface area contributed by atoms with E-state index in [0.717, 1.165) is 0 Å². The zero-order valence-electron chi connectivity index (χ0n) is 9.08. The van der Waals surface area contributed by atoms with Gasteiger partial charge < -0.3 is 4.74 Å². The summed E-state index contributed by atoms with van der Waals surface area (Å²) in [7, 11) is 0. The molecule has 0 aromatic carbocycles. The first kappa shape index (κ1) is 11.7. The maximum Gasteiger partial charge on any atom is 0.333 e. The molecule has 0 aromatic heterocycles. The average Bonchev–Trinajstić information content (AvgIpc) is 2.48. The van der Waals surface area contributed by atoms with Crippen molar-refractivity contribution >= 4 is 35.1 Å². The Balaban J connectivity index is 2.46. The summed E-state index contributed by atoms with van der Waals surface area (Å²) in [5.41, 5.74) is -1.89. The van der Waals surface area contributed by atoms with E-state index in [0.29, 0.717) is 0 Å². The van der Waals surface area contributed by atoms with E-state index in [1.165, 1.54) is 17.1 Å². The van der Waals surface area contributed by atoms with Gasteiger partial charge in [-0.05, 0) is 26.8 Å². The quantitative estimate of drug-likeness (QED) is 0.379. The first-order chi connectivity index (χ1) is 7.13. The van der Waals surface area contributed by atoms with Crippen LogP contribution in [0.3, 0.4) is 0 Å². The van der Waals surface area contributed by atoms with Crippen LogP contribution in [0.1, 0.15) is 20.8 Å². The molecule has 2 rings (SSSR count). The number of hydrogen-bond acceptors (Lipinski definition) is 3. The summed E-state index contributed by atoms with van der Waals surface area (Å²) in [5, 5.41) is 0. The summed E-state index contributed by atoms with van der Waals surface area (Å²) in [4.78, 5) is 24.4. The maximum atomic E-state index is 11.8. The second-order valence-corrected chi connectivity index (χ2v) is 6.16. The highest BCUT2D eigenvalue weighted by molar-refractivity contribution is 6.61. The Morgan fingerprint density at radius 1 is 1.31 bits per heavy atom. The third kappa shape index (κ3) is 1.17. The van der Waals surface area contributed by atoms with E-state index in [1.807, 2.05) is 20.8 Å². The van der Waals surface area contributed by atoms with Gasteiger partial charge in [0.25, 0.3) is 16.0 Å². The molecule has 2 aliphatic heterocycles. The number of β-lactam (4-membered cyclic amide) rings is 1. The predicted octanol–water partition coefficient (Wildman–Crippen LogP) is 1.61. The Hall–Kier alpha value is -0.740. The second-order valence-electron chi connectivity index (χ2n) is 4.84. The second kappa shape index (κ2) is 2.93. The molecule has 0 bridgehead atoms. The fraction of sp³-hybridized carbons (Fsp3) is 0.600. The molecule has 0 aromatic rings. The molecule has 1 atom stereocenters. The molecule has 0 N–H and O–H groups in total. The monoisotopic (exact) mass is 263 g/mol. The molecule has 0 aliphatic carbocycles. The molecule has 1 saturated heterocycles. The minimum absolute atomic E-state index is 0.456. The predicted molar refractivity (Wildman–Crippen MR) is 59.0 cm³/mol. The van der Waals surface area contributed by atoms with Crippen LogP contribution in [0.4, 0.5) is 0 Å². The van der Waals surface area contributed by atoms with Gasteiger partial charge in [-0.2, -0.15) is 0 Å². The topological polar surface area (TPSA) is 46.6 Å². The molecule has 4 nitrogen and oxygen atoms in total. The van der Waals surface area contributed by atoms with Gasteiger partial charge in [-0.15, -0.1) is 0 Å². The number of ether oxygens (including phenoxy) is 1. The summed E-state index contributed by atoms with van der Waals surface area (Å²) in [6, 6.07) is 0. The van der Waals surface area contributed by atoms with Crippen LogP contribution in [0.15, 0.2) is 12.2 Å². The van der Waals surface area contributed by atoms with Crippen molar-refractivity contribution in [3.63, 3.8) is 0 Å². The molecule has 0 radical (unpaired) electrons. The van der Waals surface area contributed by atoms with Crippen LogP contribution >= 0.6 is 23.2 Å². The number of alkyl halides is 2. The van der Waals surface area contributed by atoms with Crippen molar-refractivity contribution in [2.24, 2.45) is 0 Å². The number of esters is 1. The van der Waals surface area contributed by atoms with E-state index in [4.69, 9.17) is 27.9 Å². The van der Waals surface area contributed by atoms with Gasteiger partial charge in [0.05, 0.1) is 0 Å². The lowest BCUT2D eigenvalue weighted by molar-refractivity contribution is -0.214. The molecule has 1 unspecified atom stereocenters. The van der Waals surface area contributed by atoms with Crippen molar-refractivity contribution in [2.75, 3.05) is 0 Å². The van der Waals surface area contributed by atoms with Gasteiger partial charge in [0, 0.05) is 11.6 Å². The van der Waals surface area contributed by atoms with Gasteiger partial charge in [0.2, 0.25) is 0 Å². The molecule has 1 fully saturated rings. The smallest absolute Gasteiger partial charge is 0.333 e. The lowest BCUT2D eigenvalue weighted by atomic mass is 9.88. The molecule has 6 heteroatoms. The van der Waals surface area contributed by atoms with Crippen LogP contribution in [-0.4, -0.2) is 32.4 Å². The minimum Gasteiger partial charge on any atom is -0.428 e. The molecule has 1 spiro atoms. The van der Waals surface area contributed by atoms with Crippen molar-refractivity contribution in [1.82, 2.24) is 4.90 Å². The minimum atomic E-state index is -1.73. The Morgan fingerprint density at radius 3 is 2.25 bits per heavy atom. The fourth-order valence-electron chi connectivity index (χ4n) is 2.03. The standard InChI is InChI=1S/C10H11Cl2NO3/c1-8(2,3)13-7(15)10(11,12)9(13)5-4-6(14)16-9/h4-5H,1-3H3. The summed E-state index contributed by atoms with van der Waals surface area (Å²) in [6.07, 6.45) is 2.66. The molecule has 16 heavy (non-hydrogen) atoms. The van der Waals surface area contributed by atoms with Crippen molar-refractivity contribution in [3.8, 4) is 0 Å². The highest BCUT2D eigenvalue weighted by atomic mass is 35.5. The molecular formula is C10H11Cl2NO3. The van der Waals surface area contributed by atoms with Crippen LogP contribution < -0.4 is 0 Å². The number of carbonyl (C=O) groups excluding carboxylic acids is 2. The van der Waals surface area contributed by atoms with E-state index < -0.39 is 27.5 Å². The fourth-order valence-corrected chi connectivity index (χ4v) is 2.57. The Labute approximate surface area is 103 Å². The SMILES string of the molecule is CC(C)(C)N1C(=O)C(Cl)(Cl)C12C=CC(=O)O2. The maximum absolute atomic E-state index is 11.8. The van der Waals surface area contributed by atoms with Crippen molar-refractivity contribution < 1.29 is 14.3 Å². The van der Waals surface area contributed by atoms with E-state index in [2.05, 4.69) is 0 Å². The van der Waals surface area contributed by atoms with Crippen LogP contribution in [0.5, 0.6) is 0 Å². The zero-order chi connectivity index (χ0) is 12.4. The lowest BCUT2D eigenvalue weighted by Crippen LogP contribution is -2.81. The van der Waals surface area contributed by atoms with Crippen molar-refractivity contribution in [1.29, 1.82) is 0 Å². The van der Waals surface area contributed by atoms with Gasteiger partial charge in [-0.3, -0.25) is 9.69 Å². The first-order valence-electron chi connectivity index (χ1n) is 4.78. The molecule has 0 saturated carbocycles. The highest BCUT2D eigenvalue weighted by Crippen LogP contribution is 2.55. The van der Waals surface area contributed by atoms with Gasteiger partial charge in [-0.25, -0.2) is 4.79 Å². The average molecular weight is 264 g/mol. The summed E-state index contributed by atoms with van der Waals surface area (Å²) < 4.78 is 3.37. The normalized spacial score (nSPS) is 31.9. The van der Waals surface area contributed by atoms with Crippen molar-refractivity contribution in [2.45, 2.75) is 36.4 Å². The summed E-state index contributed by atoms with van der Waals surface area (Å²) >= 11 is 11.9. The van der Waals surface area contributed by atoms with Gasteiger partial charge >= 0.3 is 5.97 Å². The number of hydrogen-bond donors (Lipinski definition) is 0.